The topological polar surface area (TPSA) is 41.6 Å². The molecule has 4 nitrogen and oxygen atoms in total. The molecule has 2 amide bonds. The molecule has 1 atom stereocenters. The lowest BCUT2D eigenvalue weighted by Gasteiger charge is -2.21. The van der Waals surface area contributed by atoms with Gasteiger partial charge in [-0.25, -0.2) is 4.79 Å². The zero-order valence-electron chi connectivity index (χ0n) is 11.0. The van der Waals surface area contributed by atoms with Crippen LogP contribution >= 0.6 is 22.9 Å². The van der Waals surface area contributed by atoms with Crippen LogP contribution in [0.5, 0.6) is 0 Å². The van der Waals surface area contributed by atoms with Crippen molar-refractivity contribution in [3.8, 4) is 0 Å². The highest BCUT2D eigenvalue weighted by Gasteiger charge is 2.18. The lowest BCUT2D eigenvalue weighted by Crippen LogP contribution is -2.42. The number of carbonyl (C=O) groups excluding carboxylic acids is 1. The molecule has 1 aliphatic heterocycles. The van der Waals surface area contributed by atoms with Crippen molar-refractivity contribution in [2.75, 3.05) is 19.7 Å². The van der Waals surface area contributed by atoms with Crippen LogP contribution < -0.4 is 5.32 Å². The van der Waals surface area contributed by atoms with Gasteiger partial charge in [-0.15, -0.1) is 11.3 Å². The van der Waals surface area contributed by atoms with Crippen molar-refractivity contribution in [1.82, 2.24) is 10.2 Å². The molecule has 2 rings (SSSR count). The summed E-state index contributed by atoms with van der Waals surface area (Å²) in [6, 6.07) is 3.78. The van der Waals surface area contributed by atoms with Crippen molar-refractivity contribution < 1.29 is 9.53 Å². The molecule has 1 aliphatic rings. The van der Waals surface area contributed by atoms with E-state index < -0.39 is 0 Å². The van der Waals surface area contributed by atoms with Gasteiger partial charge in [0.25, 0.3) is 0 Å². The number of rotatable bonds is 5. The van der Waals surface area contributed by atoms with Gasteiger partial charge in [-0.1, -0.05) is 11.6 Å². The van der Waals surface area contributed by atoms with Gasteiger partial charge in [0.05, 0.1) is 17.0 Å². The summed E-state index contributed by atoms with van der Waals surface area (Å²) in [6.07, 6.45) is 2.30. The van der Waals surface area contributed by atoms with Crippen LogP contribution in [0.1, 0.15) is 24.6 Å². The van der Waals surface area contributed by atoms with Crippen LogP contribution in [0.2, 0.25) is 4.34 Å². The molecule has 2 heterocycles. The van der Waals surface area contributed by atoms with Gasteiger partial charge >= 0.3 is 6.03 Å². The van der Waals surface area contributed by atoms with Gasteiger partial charge in [-0.05, 0) is 31.9 Å². The minimum absolute atomic E-state index is 0.0393. The van der Waals surface area contributed by atoms with Crippen LogP contribution in [0.15, 0.2) is 12.1 Å². The maximum absolute atomic E-state index is 12.1. The highest BCUT2D eigenvalue weighted by molar-refractivity contribution is 7.16. The molecule has 1 unspecified atom stereocenters. The molecule has 1 aromatic heterocycles. The van der Waals surface area contributed by atoms with Gasteiger partial charge < -0.3 is 15.0 Å². The first kappa shape index (κ1) is 14.6. The van der Waals surface area contributed by atoms with Crippen molar-refractivity contribution in [3.05, 3.63) is 21.3 Å². The van der Waals surface area contributed by atoms with Gasteiger partial charge in [0.1, 0.15) is 0 Å². The van der Waals surface area contributed by atoms with Crippen molar-refractivity contribution in [1.29, 1.82) is 0 Å². The van der Waals surface area contributed by atoms with Crippen LogP contribution in [0.3, 0.4) is 0 Å². The Hall–Kier alpha value is -0.780. The monoisotopic (exact) mass is 302 g/mol. The molecule has 1 aromatic rings. The molecular weight excluding hydrogens is 284 g/mol. The molecular formula is C13H19ClN2O2S. The maximum Gasteiger partial charge on any atom is 0.317 e. The Morgan fingerprint density at radius 2 is 2.47 bits per heavy atom. The van der Waals surface area contributed by atoms with Gasteiger partial charge in [-0.2, -0.15) is 0 Å². The molecule has 0 saturated carbocycles. The largest absolute Gasteiger partial charge is 0.376 e. The first-order valence-electron chi connectivity index (χ1n) is 6.57. The summed E-state index contributed by atoms with van der Waals surface area (Å²) in [4.78, 5) is 14.9. The number of nitrogens with zero attached hydrogens (tertiary/aromatic N) is 1. The first-order valence-corrected chi connectivity index (χ1v) is 7.77. The molecule has 0 aromatic carbocycles. The van der Waals surface area contributed by atoms with E-state index in [1.165, 1.54) is 11.3 Å². The number of hydrogen-bond donors (Lipinski definition) is 1. The second-order valence-corrected chi connectivity index (χ2v) is 6.34. The second kappa shape index (κ2) is 7.12. The summed E-state index contributed by atoms with van der Waals surface area (Å²) in [5.74, 6) is 0. The number of hydrogen-bond acceptors (Lipinski definition) is 3. The minimum atomic E-state index is -0.0393. The smallest absolute Gasteiger partial charge is 0.317 e. The predicted molar refractivity (Wildman–Crippen MR) is 77.8 cm³/mol. The number of halogens is 1. The lowest BCUT2D eigenvalue weighted by molar-refractivity contribution is 0.109. The highest BCUT2D eigenvalue weighted by atomic mass is 35.5. The van der Waals surface area contributed by atoms with Crippen molar-refractivity contribution in [2.45, 2.75) is 32.4 Å². The summed E-state index contributed by atoms with van der Waals surface area (Å²) in [6.45, 7) is 4.66. The van der Waals surface area contributed by atoms with Crippen molar-refractivity contribution >= 4 is 29.0 Å². The van der Waals surface area contributed by atoms with Crippen molar-refractivity contribution in [2.24, 2.45) is 0 Å². The number of thiophene rings is 1. The van der Waals surface area contributed by atoms with Crippen LogP contribution in [0, 0.1) is 0 Å². The second-order valence-electron chi connectivity index (χ2n) is 4.54. The standard InChI is InChI=1S/C13H19ClN2O2S/c1-2-16(9-11-5-6-12(14)19-11)13(17)15-8-10-4-3-7-18-10/h5-6,10H,2-4,7-9H2,1H3,(H,15,17). The SMILES string of the molecule is CCN(Cc1ccc(Cl)s1)C(=O)NCC1CCCO1. The average Bonchev–Trinajstić information content (AvgIpc) is 3.04. The molecule has 19 heavy (non-hydrogen) atoms. The molecule has 0 radical (unpaired) electrons. The van der Waals surface area contributed by atoms with Gasteiger partial charge in [0, 0.05) is 24.6 Å². The van der Waals surface area contributed by atoms with E-state index in [0.29, 0.717) is 19.6 Å². The Morgan fingerprint density at radius 1 is 1.63 bits per heavy atom. The summed E-state index contributed by atoms with van der Waals surface area (Å²) >= 11 is 7.41. The summed E-state index contributed by atoms with van der Waals surface area (Å²) in [5.41, 5.74) is 0. The highest BCUT2D eigenvalue weighted by Crippen LogP contribution is 2.22. The zero-order chi connectivity index (χ0) is 13.7. The normalized spacial score (nSPS) is 18.5. The van der Waals surface area contributed by atoms with Gasteiger partial charge in [0.15, 0.2) is 0 Å². The third-order valence-corrected chi connectivity index (χ3v) is 4.37. The van der Waals surface area contributed by atoms with Crippen LogP contribution in [-0.4, -0.2) is 36.7 Å². The molecule has 1 fully saturated rings. The molecule has 106 valence electrons. The Balaban J connectivity index is 1.80. The van der Waals surface area contributed by atoms with Crippen LogP contribution in [-0.2, 0) is 11.3 Å². The molecule has 0 spiro atoms. The number of ether oxygens (including phenoxy) is 1. The van der Waals surface area contributed by atoms with Crippen molar-refractivity contribution in [3.63, 3.8) is 0 Å². The summed E-state index contributed by atoms with van der Waals surface area (Å²) in [5, 5.41) is 2.94. The van der Waals surface area contributed by atoms with E-state index in [1.807, 2.05) is 19.1 Å². The fourth-order valence-corrected chi connectivity index (χ4v) is 3.17. The van der Waals surface area contributed by atoms with E-state index in [1.54, 1.807) is 4.90 Å². The van der Waals surface area contributed by atoms with E-state index in [-0.39, 0.29) is 12.1 Å². The third-order valence-electron chi connectivity index (χ3n) is 3.15. The van der Waals surface area contributed by atoms with E-state index in [0.717, 1.165) is 28.7 Å². The molecule has 1 N–H and O–H groups in total. The number of nitrogens with one attached hydrogen (secondary N) is 1. The summed E-state index contributed by atoms with van der Waals surface area (Å²) in [7, 11) is 0. The van der Waals surface area contributed by atoms with Crippen LogP contribution in [0.25, 0.3) is 0 Å². The Bertz CT molecular complexity index is 419. The van der Waals surface area contributed by atoms with Crippen LogP contribution in [0.4, 0.5) is 4.79 Å². The predicted octanol–water partition coefficient (Wildman–Crippen LogP) is 3.11. The summed E-state index contributed by atoms with van der Waals surface area (Å²) < 4.78 is 6.25. The molecule has 0 bridgehead atoms. The fourth-order valence-electron chi connectivity index (χ4n) is 2.07. The number of urea groups is 1. The maximum atomic E-state index is 12.1. The van der Waals surface area contributed by atoms with E-state index >= 15 is 0 Å². The fraction of sp³-hybridized carbons (Fsp3) is 0.615. The lowest BCUT2D eigenvalue weighted by atomic mass is 10.2. The molecule has 1 saturated heterocycles. The molecule has 6 heteroatoms. The van der Waals surface area contributed by atoms with E-state index in [4.69, 9.17) is 16.3 Å². The Morgan fingerprint density at radius 3 is 3.05 bits per heavy atom. The zero-order valence-corrected chi connectivity index (χ0v) is 12.6. The van der Waals surface area contributed by atoms with E-state index in [9.17, 15) is 4.79 Å². The first-order chi connectivity index (χ1) is 9.19. The Kier molecular flexibility index (Phi) is 5.48. The third kappa shape index (κ3) is 4.37. The quantitative estimate of drug-likeness (QED) is 0.908. The number of amides is 2. The van der Waals surface area contributed by atoms with Gasteiger partial charge in [0.2, 0.25) is 0 Å². The Labute approximate surface area is 122 Å². The van der Waals surface area contributed by atoms with Gasteiger partial charge in [-0.3, -0.25) is 0 Å². The molecule has 0 aliphatic carbocycles. The minimum Gasteiger partial charge on any atom is -0.376 e. The van der Waals surface area contributed by atoms with E-state index in [2.05, 4.69) is 5.32 Å². The number of carbonyl (C=O) groups is 1. The average molecular weight is 303 g/mol.